The van der Waals surface area contributed by atoms with Gasteiger partial charge >= 0.3 is 0 Å². The standard InChI is InChI=1S/C8H9NO2/c1-2-5-9-6-3-4-7(10)8(9)11/h2-3,6H,1,4-5H2. The normalized spacial score (nSPS) is 17.3. The van der Waals surface area contributed by atoms with Gasteiger partial charge in [0.1, 0.15) is 0 Å². The van der Waals surface area contributed by atoms with Gasteiger partial charge in [0, 0.05) is 19.2 Å². The predicted molar refractivity (Wildman–Crippen MR) is 40.7 cm³/mol. The smallest absolute Gasteiger partial charge is 0.294 e. The van der Waals surface area contributed by atoms with Gasteiger partial charge in [-0.1, -0.05) is 12.2 Å². The number of carbonyl (C=O) groups excluding carboxylic acids is 2. The van der Waals surface area contributed by atoms with Crippen LogP contribution >= 0.6 is 0 Å². The van der Waals surface area contributed by atoms with E-state index in [9.17, 15) is 9.59 Å². The van der Waals surface area contributed by atoms with E-state index in [4.69, 9.17) is 0 Å². The molecule has 0 atom stereocenters. The van der Waals surface area contributed by atoms with E-state index in [1.807, 2.05) is 0 Å². The van der Waals surface area contributed by atoms with Crippen LogP contribution < -0.4 is 0 Å². The second kappa shape index (κ2) is 3.14. The molecular weight excluding hydrogens is 142 g/mol. The van der Waals surface area contributed by atoms with E-state index >= 15 is 0 Å². The molecule has 0 radical (unpaired) electrons. The minimum Gasteiger partial charge on any atom is -0.309 e. The van der Waals surface area contributed by atoms with Gasteiger partial charge < -0.3 is 4.90 Å². The number of carbonyl (C=O) groups is 2. The van der Waals surface area contributed by atoms with Crippen molar-refractivity contribution in [3.05, 3.63) is 24.9 Å². The first-order valence-electron chi connectivity index (χ1n) is 3.37. The van der Waals surface area contributed by atoms with E-state index < -0.39 is 5.91 Å². The average Bonchev–Trinajstić information content (AvgIpc) is 1.99. The fourth-order valence-electron chi connectivity index (χ4n) is 0.885. The number of allylic oxidation sites excluding steroid dienone is 1. The third kappa shape index (κ3) is 1.55. The van der Waals surface area contributed by atoms with E-state index in [2.05, 4.69) is 6.58 Å². The van der Waals surface area contributed by atoms with Crippen LogP contribution in [0.5, 0.6) is 0 Å². The predicted octanol–water partition coefficient (Wildman–Crippen LogP) is 0.488. The summed E-state index contributed by atoms with van der Waals surface area (Å²) < 4.78 is 0. The van der Waals surface area contributed by atoms with Crippen molar-refractivity contribution in [1.82, 2.24) is 4.90 Å². The quantitative estimate of drug-likeness (QED) is 0.425. The highest BCUT2D eigenvalue weighted by Crippen LogP contribution is 2.03. The molecular formula is C8H9NO2. The highest BCUT2D eigenvalue weighted by atomic mass is 16.2. The zero-order valence-electron chi connectivity index (χ0n) is 6.12. The minimum atomic E-state index is -0.438. The van der Waals surface area contributed by atoms with Gasteiger partial charge in [-0.3, -0.25) is 9.59 Å². The van der Waals surface area contributed by atoms with Crippen molar-refractivity contribution < 1.29 is 9.59 Å². The van der Waals surface area contributed by atoms with Crippen LogP contribution in [0.4, 0.5) is 0 Å². The molecule has 0 N–H and O–H groups in total. The van der Waals surface area contributed by atoms with Gasteiger partial charge in [-0.05, 0) is 0 Å². The first kappa shape index (κ1) is 7.72. The first-order valence-corrected chi connectivity index (χ1v) is 3.37. The monoisotopic (exact) mass is 151 g/mol. The van der Waals surface area contributed by atoms with Crippen LogP contribution in [0.15, 0.2) is 24.9 Å². The van der Waals surface area contributed by atoms with E-state index in [-0.39, 0.29) is 12.2 Å². The maximum atomic E-state index is 11.0. The summed E-state index contributed by atoms with van der Waals surface area (Å²) in [6, 6.07) is 0. The van der Waals surface area contributed by atoms with Gasteiger partial charge in [-0.25, -0.2) is 0 Å². The van der Waals surface area contributed by atoms with Crippen molar-refractivity contribution in [3.8, 4) is 0 Å². The number of Topliss-reactive ketones (excluding diaryl/α,β-unsaturated/α-hetero) is 1. The Hall–Kier alpha value is -1.38. The third-order valence-electron chi connectivity index (χ3n) is 1.41. The highest BCUT2D eigenvalue weighted by molar-refractivity contribution is 6.37. The molecule has 0 saturated heterocycles. The van der Waals surface area contributed by atoms with Gasteiger partial charge in [0.2, 0.25) is 5.78 Å². The molecule has 1 amide bonds. The molecule has 0 bridgehead atoms. The highest BCUT2D eigenvalue weighted by Gasteiger charge is 2.20. The number of nitrogens with zero attached hydrogens (tertiary/aromatic N) is 1. The Morgan fingerprint density at radius 2 is 2.36 bits per heavy atom. The summed E-state index contributed by atoms with van der Waals surface area (Å²) in [7, 11) is 0. The Kier molecular flexibility index (Phi) is 2.21. The molecule has 3 nitrogen and oxygen atoms in total. The Morgan fingerprint density at radius 1 is 1.64 bits per heavy atom. The van der Waals surface area contributed by atoms with Crippen LogP contribution in [-0.2, 0) is 9.59 Å². The van der Waals surface area contributed by atoms with Crippen molar-refractivity contribution in [2.24, 2.45) is 0 Å². The van der Waals surface area contributed by atoms with Crippen molar-refractivity contribution in [2.75, 3.05) is 6.54 Å². The molecule has 0 aromatic rings. The Balaban J connectivity index is 2.72. The number of amides is 1. The third-order valence-corrected chi connectivity index (χ3v) is 1.41. The van der Waals surface area contributed by atoms with Crippen molar-refractivity contribution in [1.29, 1.82) is 0 Å². The fraction of sp³-hybridized carbons (Fsp3) is 0.250. The van der Waals surface area contributed by atoms with Gasteiger partial charge in [0.05, 0.1) is 0 Å². The van der Waals surface area contributed by atoms with Crippen LogP contribution in [-0.4, -0.2) is 23.1 Å². The molecule has 0 aromatic carbocycles. The lowest BCUT2D eigenvalue weighted by molar-refractivity contribution is -0.142. The second-order valence-corrected chi connectivity index (χ2v) is 2.26. The summed E-state index contributed by atoms with van der Waals surface area (Å²) >= 11 is 0. The zero-order chi connectivity index (χ0) is 8.27. The van der Waals surface area contributed by atoms with Crippen LogP contribution in [0.2, 0.25) is 0 Å². The molecule has 0 spiro atoms. The van der Waals surface area contributed by atoms with Crippen LogP contribution in [0, 0.1) is 0 Å². The molecule has 0 saturated carbocycles. The summed E-state index contributed by atoms with van der Waals surface area (Å²) in [6.07, 6.45) is 5.10. The largest absolute Gasteiger partial charge is 0.309 e. The van der Waals surface area contributed by atoms with Gasteiger partial charge in [0.25, 0.3) is 5.91 Å². The Morgan fingerprint density at radius 3 is 3.00 bits per heavy atom. The van der Waals surface area contributed by atoms with Gasteiger partial charge in [-0.2, -0.15) is 0 Å². The zero-order valence-corrected chi connectivity index (χ0v) is 6.12. The van der Waals surface area contributed by atoms with E-state index in [0.717, 1.165) is 0 Å². The molecule has 58 valence electrons. The summed E-state index contributed by atoms with van der Waals surface area (Å²) in [4.78, 5) is 23.1. The summed E-state index contributed by atoms with van der Waals surface area (Å²) in [5.74, 6) is -0.790. The number of ketones is 1. The van der Waals surface area contributed by atoms with Gasteiger partial charge in [-0.15, -0.1) is 6.58 Å². The number of hydrogen-bond donors (Lipinski definition) is 0. The minimum absolute atomic E-state index is 0.229. The SMILES string of the molecule is C=CCN1C=CCC(=O)C1=O. The molecule has 1 rings (SSSR count). The van der Waals surface area contributed by atoms with Crippen molar-refractivity contribution in [2.45, 2.75) is 6.42 Å². The van der Waals surface area contributed by atoms with Crippen LogP contribution in [0.1, 0.15) is 6.42 Å². The molecule has 1 aliphatic heterocycles. The first-order chi connectivity index (χ1) is 5.25. The molecule has 0 aromatic heterocycles. The van der Waals surface area contributed by atoms with Crippen molar-refractivity contribution >= 4 is 11.7 Å². The van der Waals surface area contributed by atoms with Crippen LogP contribution in [0.3, 0.4) is 0 Å². The molecule has 11 heavy (non-hydrogen) atoms. The lowest BCUT2D eigenvalue weighted by Gasteiger charge is -2.17. The maximum absolute atomic E-state index is 11.0. The maximum Gasteiger partial charge on any atom is 0.294 e. The second-order valence-electron chi connectivity index (χ2n) is 2.26. The fourth-order valence-corrected chi connectivity index (χ4v) is 0.885. The number of hydrogen-bond acceptors (Lipinski definition) is 2. The summed E-state index contributed by atoms with van der Waals surface area (Å²) in [5.41, 5.74) is 0. The van der Waals surface area contributed by atoms with E-state index in [0.29, 0.717) is 6.54 Å². The summed E-state index contributed by atoms with van der Waals surface area (Å²) in [6.45, 7) is 3.88. The Bertz CT molecular complexity index is 230. The Labute approximate surface area is 65.0 Å². The topological polar surface area (TPSA) is 37.4 Å². The lowest BCUT2D eigenvalue weighted by atomic mass is 10.2. The van der Waals surface area contributed by atoms with Crippen LogP contribution in [0.25, 0.3) is 0 Å². The molecule has 3 heteroatoms. The number of rotatable bonds is 2. The average molecular weight is 151 g/mol. The van der Waals surface area contributed by atoms with E-state index in [1.54, 1.807) is 18.4 Å². The van der Waals surface area contributed by atoms with Crippen molar-refractivity contribution in [3.63, 3.8) is 0 Å². The molecule has 1 heterocycles. The molecule has 1 aliphatic rings. The summed E-state index contributed by atoms with van der Waals surface area (Å²) in [5, 5.41) is 0. The molecule has 0 fully saturated rings. The van der Waals surface area contributed by atoms with E-state index in [1.165, 1.54) is 4.90 Å². The van der Waals surface area contributed by atoms with Gasteiger partial charge in [0.15, 0.2) is 0 Å². The lowest BCUT2D eigenvalue weighted by Crippen LogP contribution is -2.34. The molecule has 0 unspecified atom stereocenters. The molecule has 0 aliphatic carbocycles.